The van der Waals surface area contributed by atoms with Crippen molar-refractivity contribution < 1.29 is 14.3 Å². The normalized spacial score (nSPS) is 10.7. The van der Waals surface area contributed by atoms with Gasteiger partial charge in [0.2, 0.25) is 5.91 Å². The first-order valence-corrected chi connectivity index (χ1v) is 10.4. The van der Waals surface area contributed by atoms with E-state index in [1.165, 1.54) is 0 Å². The van der Waals surface area contributed by atoms with Crippen LogP contribution in [0.15, 0.2) is 82.4 Å². The van der Waals surface area contributed by atoms with Crippen molar-refractivity contribution in [2.45, 2.75) is 20.0 Å². The van der Waals surface area contributed by atoms with Gasteiger partial charge in [0.1, 0.15) is 6.61 Å². The van der Waals surface area contributed by atoms with E-state index < -0.39 is 0 Å². The molecule has 0 aliphatic heterocycles. The molecule has 1 N–H and O–H groups in total. The Balaban J connectivity index is 1.59. The molecule has 0 radical (unpaired) electrons. The molecule has 0 spiro atoms. The van der Waals surface area contributed by atoms with E-state index in [1.807, 2.05) is 79.7 Å². The molecule has 0 aliphatic carbocycles. The summed E-state index contributed by atoms with van der Waals surface area (Å²) < 4.78 is 12.6. The maximum Gasteiger partial charge on any atom is 0.244 e. The van der Waals surface area contributed by atoms with Crippen LogP contribution in [0.3, 0.4) is 0 Å². The van der Waals surface area contributed by atoms with Gasteiger partial charge in [-0.25, -0.2) is 5.43 Å². The van der Waals surface area contributed by atoms with Gasteiger partial charge in [0.25, 0.3) is 0 Å². The minimum absolute atomic E-state index is 0.179. The van der Waals surface area contributed by atoms with Gasteiger partial charge in [0.05, 0.1) is 19.2 Å². The molecule has 30 heavy (non-hydrogen) atoms. The maximum atomic E-state index is 12.0. The number of halogens is 1. The largest absolute Gasteiger partial charge is 0.490 e. The molecule has 5 nitrogen and oxygen atoms in total. The lowest BCUT2D eigenvalue weighted by Crippen LogP contribution is -2.19. The summed E-state index contributed by atoms with van der Waals surface area (Å²) in [6, 6.07) is 23.1. The van der Waals surface area contributed by atoms with Crippen LogP contribution in [0, 0.1) is 0 Å². The number of carbonyl (C=O) groups excluding carboxylic acids is 1. The molecular weight excluding hydrogens is 444 g/mol. The van der Waals surface area contributed by atoms with E-state index in [0.29, 0.717) is 24.7 Å². The Kier molecular flexibility index (Phi) is 8.03. The summed E-state index contributed by atoms with van der Waals surface area (Å²) in [4.78, 5) is 12.0. The summed E-state index contributed by atoms with van der Waals surface area (Å²) in [6.07, 6.45) is 1.85. The quantitative estimate of drug-likeness (QED) is 0.351. The van der Waals surface area contributed by atoms with Crippen molar-refractivity contribution in [1.82, 2.24) is 5.43 Å². The molecule has 3 aromatic carbocycles. The Morgan fingerprint density at radius 2 is 1.73 bits per heavy atom. The Hall–Kier alpha value is -3.12. The van der Waals surface area contributed by atoms with Gasteiger partial charge in [-0.15, -0.1) is 0 Å². The van der Waals surface area contributed by atoms with Gasteiger partial charge in [-0.3, -0.25) is 4.79 Å². The number of nitrogens with one attached hydrogen (secondary N) is 1. The van der Waals surface area contributed by atoms with Gasteiger partial charge in [0.15, 0.2) is 11.5 Å². The van der Waals surface area contributed by atoms with E-state index >= 15 is 0 Å². The number of nitrogens with zero attached hydrogens (tertiary/aromatic N) is 1. The van der Waals surface area contributed by atoms with Gasteiger partial charge >= 0.3 is 0 Å². The molecule has 0 saturated carbocycles. The molecule has 1 amide bonds. The highest BCUT2D eigenvalue weighted by Crippen LogP contribution is 2.28. The van der Waals surface area contributed by atoms with Crippen LogP contribution in [0.25, 0.3) is 0 Å². The van der Waals surface area contributed by atoms with Crippen LogP contribution < -0.4 is 14.9 Å². The second-order valence-electron chi connectivity index (χ2n) is 6.51. The average molecular weight is 467 g/mol. The number of rotatable bonds is 9. The molecule has 0 saturated heterocycles. The first-order valence-electron chi connectivity index (χ1n) is 9.64. The summed E-state index contributed by atoms with van der Waals surface area (Å²) in [7, 11) is 0. The number of benzene rings is 3. The van der Waals surface area contributed by atoms with Crippen molar-refractivity contribution in [1.29, 1.82) is 0 Å². The number of ether oxygens (including phenoxy) is 2. The van der Waals surface area contributed by atoms with E-state index in [0.717, 1.165) is 21.2 Å². The third-order valence-electron chi connectivity index (χ3n) is 4.19. The summed E-state index contributed by atoms with van der Waals surface area (Å²) in [5.74, 6) is 1.12. The molecule has 6 heteroatoms. The van der Waals surface area contributed by atoms with E-state index in [-0.39, 0.29) is 12.3 Å². The molecular formula is C24H23BrN2O3. The number of hydrazone groups is 1. The average Bonchev–Trinajstić information content (AvgIpc) is 2.76. The van der Waals surface area contributed by atoms with Gasteiger partial charge in [-0.2, -0.15) is 5.10 Å². The highest BCUT2D eigenvalue weighted by atomic mass is 79.9. The smallest absolute Gasteiger partial charge is 0.244 e. The standard InChI is InChI=1S/C24H23BrN2O3/c1-2-29-23-14-20(10-13-22(23)30-17-19-6-4-3-5-7-19)16-26-27-24(28)15-18-8-11-21(25)12-9-18/h3-14,16H,2,15,17H2,1H3,(H,27,28)/b26-16-. The fourth-order valence-electron chi connectivity index (χ4n) is 2.73. The van der Waals surface area contributed by atoms with Crippen LogP contribution in [0.2, 0.25) is 0 Å². The van der Waals surface area contributed by atoms with Crippen molar-refractivity contribution in [3.63, 3.8) is 0 Å². The molecule has 154 valence electrons. The third-order valence-corrected chi connectivity index (χ3v) is 4.71. The summed E-state index contributed by atoms with van der Waals surface area (Å²) in [6.45, 7) is 2.90. The maximum absolute atomic E-state index is 12.0. The molecule has 0 aromatic heterocycles. The minimum Gasteiger partial charge on any atom is -0.490 e. The zero-order valence-electron chi connectivity index (χ0n) is 16.7. The topological polar surface area (TPSA) is 59.9 Å². The fraction of sp³-hybridized carbons (Fsp3) is 0.167. The van der Waals surface area contributed by atoms with Crippen molar-refractivity contribution in [3.05, 3.63) is 94.0 Å². The van der Waals surface area contributed by atoms with Crippen LogP contribution in [0.1, 0.15) is 23.6 Å². The number of amides is 1. The van der Waals surface area contributed by atoms with Crippen LogP contribution in [0.5, 0.6) is 11.5 Å². The highest BCUT2D eigenvalue weighted by Gasteiger charge is 2.07. The van der Waals surface area contributed by atoms with Gasteiger partial charge < -0.3 is 9.47 Å². The molecule has 3 aromatic rings. The van der Waals surface area contributed by atoms with Crippen LogP contribution in [-0.2, 0) is 17.8 Å². The van der Waals surface area contributed by atoms with Gasteiger partial charge in [-0.1, -0.05) is 58.4 Å². The van der Waals surface area contributed by atoms with Crippen LogP contribution in [0.4, 0.5) is 0 Å². The fourth-order valence-corrected chi connectivity index (χ4v) is 3.00. The number of carbonyl (C=O) groups is 1. The Bertz CT molecular complexity index is 989. The van der Waals surface area contributed by atoms with Crippen molar-refractivity contribution in [2.24, 2.45) is 5.10 Å². The van der Waals surface area contributed by atoms with Crippen LogP contribution >= 0.6 is 15.9 Å². The molecule has 0 atom stereocenters. The Labute approximate surface area is 184 Å². The van der Waals surface area contributed by atoms with E-state index in [9.17, 15) is 4.79 Å². The molecule has 0 fully saturated rings. The second-order valence-corrected chi connectivity index (χ2v) is 7.43. The van der Waals surface area contributed by atoms with Crippen molar-refractivity contribution >= 4 is 28.1 Å². The lowest BCUT2D eigenvalue weighted by molar-refractivity contribution is -0.120. The van der Waals surface area contributed by atoms with E-state index in [1.54, 1.807) is 6.21 Å². The van der Waals surface area contributed by atoms with Gasteiger partial charge in [-0.05, 0) is 53.9 Å². The monoisotopic (exact) mass is 466 g/mol. The molecule has 0 bridgehead atoms. The van der Waals surface area contributed by atoms with E-state index in [4.69, 9.17) is 9.47 Å². The minimum atomic E-state index is -0.179. The van der Waals surface area contributed by atoms with Crippen LogP contribution in [-0.4, -0.2) is 18.7 Å². The molecule has 0 unspecified atom stereocenters. The van der Waals surface area contributed by atoms with Gasteiger partial charge in [0, 0.05) is 4.47 Å². The molecule has 0 aliphatic rings. The zero-order valence-corrected chi connectivity index (χ0v) is 18.3. The molecule has 3 rings (SSSR count). The summed E-state index contributed by atoms with van der Waals surface area (Å²) in [5.41, 5.74) is 5.36. The lowest BCUT2D eigenvalue weighted by atomic mass is 10.1. The predicted octanol–water partition coefficient (Wildman–Crippen LogP) is 5.12. The van der Waals surface area contributed by atoms with E-state index in [2.05, 4.69) is 26.5 Å². The van der Waals surface area contributed by atoms with Crippen molar-refractivity contribution in [3.8, 4) is 11.5 Å². The number of hydrogen-bond acceptors (Lipinski definition) is 4. The summed E-state index contributed by atoms with van der Waals surface area (Å²) >= 11 is 3.38. The summed E-state index contributed by atoms with van der Waals surface area (Å²) in [5, 5.41) is 4.05. The zero-order chi connectivity index (χ0) is 21.2. The lowest BCUT2D eigenvalue weighted by Gasteiger charge is -2.12. The Morgan fingerprint density at radius 3 is 2.47 bits per heavy atom. The Morgan fingerprint density at radius 1 is 0.967 bits per heavy atom. The third kappa shape index (κ3) is 6.74. The highest BCUT2D eigenvalue weighted by molar-refractivity contribution is 9.10. The van der Waals surface area contributed by atoms with Crippen molar-refractivity contribution in [2.75, 3.05) is 6.61 Å². The number of hydrogen-bond donors (Lipinski definition) is 1. The first-order chi connectivity index (χ1) is 14.6. The predicted molar refractivity (Wildman–Crippen MR) is 122 cm³/mol. The SMILES string of the molecule is CCOc1cc(/C=N\NC(=O)Cc2ccc(Br)cc2)ccc1OCc1ccccc1. The first kappa shape index (κ1) is 21.6. The molecule has 0 heterocycles. The second kappa shape index (κ2) is 11.2.